The lowest BCUT2D eigenvalue weighted by Gasteiger charge is -2.12. The number of benzene rings is 2. The smallest absolute Gasteiger partial charge is 0.253 e. The van der Waals surface area contributed by atoms with Crippen LogP contribution in [0.5, 0.6) is 0 Å². The summed E-state index contributed by atoms with van der Waals surface area (Å²) in [5, 5.41) is 15.1. The molecular formula is C20H21N3O2. The van der Waals surface area contributed by atoms with Gasteiger partial charge in [-0.25, -0.2) is 0 Å². The fourth-order valence-electron chi connectivity index (χ4n) is 2.81. The minimum Gasteiger partial charge on any atom is -0.368 e. The SMILES string of the molecule is N#Cc1ccc(CNCc2cccc(NC(=O)C3CCCO3)c2)cc1. The van der Waals surface area contributed by atoms with Crippen molar-refractivity contribution in [2.24, 2.45) is 0 Å². The number of nitrogens with one attached hydrogen (secondary N) is 2. The topological polar surface area (TPSA) is 74.2 Å². The molecule has 0 radical (unpaired) electrons. The van der Waals surface area contributed by atoms with Crippen molar-refractivity contribution in [1.82, 2.24) is 5.32 Å². The van der Waals surface area contributed by atoms with Gasteiger partial charge in [-0.05, 0) is 48.2 Å². The predicted molar refractivity (Wildman–Crippen MR) is 95.7 cm³/mol. The van der Waals surface area contributed by atoms with Crippen molar-refractivity contribution in [1.29, 1.82) is 5.26 Å². The fourth-order valence-corrected chi connectivity index (χ4v) is 2.81. The van der Waals surface area contributed by atoms with Crippen LogP contribution in [0.15, 0.2) is 48.5 Å². The number of nitriles is 1. The highest BCUT2D eigenvalue weighted by molar-refractivity contribution is 5.94. The average Bonchev–Trinajstić information content (AvgIpc) is 3.17. The Balaban J connectivity index is 1.50. The summed E-state index contributed by atoms with van der Waals surface area (Å²) in [6.07, 6.45) is 1.41. The van der Waals surface area contributed by atoms with Crippen molar-refractivity contribution < 1.29 is 9.53 Å². The molecule has 128 valence electrons. The third kappa shape index (κ3) is 4.90. The molecule has 1 unspecified atom stereocenters. The Kier molecular flexibility index (Phi) is 5.78. The van der Waals surface area contributed by atoms with Crippen LogP contribution >= 0.6 is 0 Å². The highest BCUT2D eigenvalue weighted by atomic mass is 16.5. The number of nitrogens with zero attached hydrogens (tertiary/aromatic N) is 1. The third-order valence-electron chi connectivity index (χ3n) is 4.16. The summed E-state index contributed by atoms with van der Waals surface area (Å²) in [6, 6.07) is 17.5. The summed E-state index contributed by atoms with van der Waals surface area (Å²) in [7, 11) is 0. The summed E-state index contributed by atoms with van der Waals surface area (Å²) in [6.45, 7) is 2.08. The van der Waals surface area contributed by atoms with Gasteiger partial charge >= 0.3 is 0 Å². The van der Waals surface area contributed by atoms with E-state index in [2.05, 4.69) is 16.7 Å². The zero-order valence-electron chi connectivity index (χ0n) is 14.0. The molecule has 2 aromatic rings. The van der Waals surface area contributed by atoms with Crippen molar-refractivity contribution in [2.75, 3.05) is 11.9 Å². The van der Waals surface area contributed by atoms with E-state index in [1.165, 1.54) is 0 Å². The van der Waals surface area contributed by atoms with E-state index in [0.29, 0.717) is 18.7 Å². The van der Waals surface area contributed by atoms with Crippen molar-refractivity contribution in [3.05, 3.63) is 65.2 Å². The molecule has 1 heterocycles. The first-order valence-electron chi connectivity index (χ1n) is 8.46. The van der Waals surface area contributed by atoms with Gasteiger partial charge < -0.3 is 15.4 Å². The highest BCUT2D eigenvalue weighted by Crippen LogP contribution is 2.16. The fraction of sp³-hybridized carbons (Fsp3) is 0.300. The van der Waals surface area contributed by atoms with Gasteiger partial charge in [0, 0.05) is 25.4 Å². The summed E-state index contributed by atoms with van der Waals surface area (Å²) in [5.74, 6) is -0.0693. The first-order chi connectivity index (χ1) is 12.2. The van der Waals surface area contributed by atoms with Crippen LogP contribution in [0, 0.1) is 11.3 Å². The van der Waals surface area contributed by atoms with Crippen molar-refractivity contribution in [3.8, 4) is 6.07 Å². The van der Waals surface area contributed by atoms with Crippen molar-refractivity contribution in [3.63, 3.8) is 0 Å². The van der Waals surface area contributed by atoms with Crippen molar-refractivity contribution in [2.45, 2.75) is 32.0 Å². The molecule has 2 N–H and O–H groups in total. The molecule has 0 spiro atoms. The summed E-state index contributed by atoms with van der Waals surface area (Å²) in [5.41, 5.74) is 3.68. The second-order valence-corrected chi connectivity index (χ2v) is 6.10. The normalized spacial score (nSPS) is 16.4. The molecule has 1 aliphatic rings. The lowest BCUT2D eigenvalue weighted by Crippen LogP contribution is -2.26. The number of carbonyl (C=O) groups excluding carboxylic acids is 1. The molecule has 1 amide bonds. The van der Waals surface area contributed by atoms with Crippen LogP contribution in [-0.2, 0) is 22.6 Å². The Bertz CT molecular complexity index is 759. The van der Waals surface area contributed by atoms with Crippen LogP contribution in [0.4, 0.5) is 5.69 Å². The number of hydrogen-bond donors (Lipinski definition) is 2. The van der Waals surface area contributed by atoms with Crippen LogP contribution in [0.1, 0.15) is 29.5 Å². The van der Waals surface area contributed by atoms with Gasteiger partial charge in [0.1, 0.15) is 6.10 Å². The van der Waals surface area contributed by atoms with Gasteiger partial charge in [0.25, 0.3) is 5.91 Å². The molecule has 3 rings (SSSR count). The zero-order valence-corrected chi connectivity index (χ0v) is 14.0. The molecule has 1 saturated heterocycles. The molecule has 5 nitrogen and oxygen atoms in total. The maximum atomic E-state index is 12.1. The van der Waals surface area contributed by atoms with Crippen LogP contribution in [0.2, 0.25) is 0 Å². The minimum atomic E-state index is -0.321. The van der Waals surface area contributed by atoms with Crippen LogP contribution in [0.3, 0.4) is 0 Å². The Morgan fingerprint density at radius 2 is 1.96 bits per heavy atom. The van der Waals surface area contributed by atoms with E-state index in [-0.39, 0.29) is 12.0 Å². The molecule has 0 bridgehead atoms. The van der Waals surface area contributed by atoms with E-state index in [9.17, 15) is 4.79 Å². The van der Waals surface area contributed by atoms with Crippen molar-refractivity contribution >= 4 is 11.6 Å². The predicted octanol–water partition coefficient (Wildman–Crippen LogP) is 2.97. The second kappa shape index (κ2) is 8.43. The molecule has 2 aromatic carbocycles. The number of anilines is 1. The van der Waals surface area contributed by atoms with E-state index >= 15 is 0 Å². The number of hydrogen-bond acceptors (Lipinski definition) is 4. The van der Waals surface area contributed by atoms with Gasteiger partial charge in [-0.2, -0.15) is 5.26 Å². The van der Waals surface area contributed by atoms with E-state index in [0.717, 1.165) is 36.2 Å². The molecule has 25 heavy (non-hydrogen) atoms. The Morgan fingerprint density at radius 3 is 2.68 bits per heavy atom. The number of amides is 1. The molecule has 1 atom stereocenters. The number of rotatable bonds is 6. The second-order valence-electron chi connectivity index (χ2n) is 6.10. The maximum Gasteiger partial charge on any atom is 0.253 e. The molecular weight excluding hydrogens is 314 g/mol. The standard InChI is InChI=1S/C20H21N3O2/c21-12-15-6-8-16(9-7-15)13-22-14-17-3-1-4-18(11-17)23-20(24)19-5-2-10-25-19/h1,3-4,6-9,11,19,22H,2,5,10,13-14H2,(H,23,24). The lowest BCUT2D eigenvalue weighted by molar-refractivity contribution is -0.124. The van der Waals surface area contributed by atoms with E-state index in [1.807, 2.05) is 48.5 Å². The zero-order chi connectivity index (χ0) is 17.5. The number of ether oxygens (including phenoxy) is 1. The first-order valence-corrected chi connectivity index (χ1v) is 8.46. The maximum absolute atomic E-state index is 12.1. The average molecular weight is 335 g/mol. The summed E-state index contributed by atoms with van der Waals surface area (Å²) < 4.78 is 5.40. The minimum absolute atomic E-state index is 0.0693. The Morgan fingerprint density at radius 1 is 1.16 bits per heavy atom. The van der Waals surface area contributed by atoms with Crippen LogP contribution in [-0.4, -0.2) is 18.6 Å². The van der Waals surface area contributed by atoms with Crippen LogP contribution in [0.25, 0.3) is 0 Å². The largest absolute Gasteiger partial charge is 0.368 e. The Labute approximate surface area is 147 Å². The van der Waals surface area contributed by atoms with E-state index in [4.69, 9.17) is 10.00 Å². The monoisotopic (exact) mass is 335 g/mol. The van der Waals surface area contributed by atoms with Gasteiger partial charge in [-0.3, -0.25) is 4.79 Å². The molecule has 0 aliphatic carbocycles. The summed E-state index contributed by atoms with van der Waals surface area (Å²) >= 11 is 0. The van der Waals surface area contributed by atoms with Crippen LogP contribution < -0.4 is 10.6 Å². The van der Waals surface area contributed by atoms with Gasteiger partial charge in [-0.15, -0.1) is 0 Å². The summed E-state index contributed by atoms with van der Waals surface area (Å²) in [4.78, 5) is 12.1. The lowest BCUT2D eigenvalue weighted by atomic mass is 10.1. The molecule has 0 aromatic heterocycles. The molecule has 1 fully saturated rings. The van der Waals surface area contributed by atoms with Gasteiger partial charge in [0.2, 0.25) is 0 Å². The quantitative estimate of drug-likeness (QED) is 0.851. The first kappa shape index (κ1) is 17.2. The third-order valence-corrected chi connectivity index (χ3v) is 4.16. The van der Waals surface area contributed by atoms with E-state index in [1.54, 1.807) is 0 Å². The molecule has 5 heteroatoms. The number of carbonyl (C=O) groups is 1. The van der Waals surface area contributed by atoms with Gasteiger partial charge in [-0.1, -0.05) is 24.3 Å². The molecule has 1 aliphatic heterocycles. The molecule has 0 saturated carbocycles. The van der Waals surface area contributed by atoms with Gasteiger partial charge in [0.05, 0.1) is 11.6 Å². The Hall–Kier alpha value is -2.68. The van der Waals surface area contributed by atoms with Gasteiger partial charge in [0.15, 0.2) is 0 Å². The van der Waals surface area contributed by atoms with E-state index < -0.39 is 0 Å². The highest BCUT2D eigenvalue weighted by Gasteiger charge is 2.23.